The third kappa shape index (κ3) is 5.27. The van der Waals surface area contributed by atoms with Crippen LogP contribution in [-0.2, 0) is 14.3 Å². The minimum absolute atomic E-state index is 0.0222. The largest absolute Gasteiger partial charge is 0.469 e. The van der Waals surface area contributed by atoms with E-state index in [4.69, 9.17) is 0 Å². The van der Waals surface area contributed by atoms with Crippen molar-refractivity contribution < 1.29 is 19.2 Å². The Balaban J connectivity index is 2.14. The Morgan fingerprint density at radius 1 is 1.15 bits per heavy atom. The highest BCUT2D eigenvalue weighted by molar-refractivity contribution is 5.92. The zero-order chi connectivity index (χ0) is 18.9. The number of hydrogen-bond donors (Lipinski definition) is 1. The van der Waals surface area contributed by atoms with Crippen LogP contribution in [0.1, 0.15) is 23.6 Å². The Bertz CT molecular complexity index is 818. The van der Waals surface area contributed by atoms with Gasteiger partial charge in [0.05, 0.1) is 30.1 Å². The Hall–Kier alpha value is -3.48. The molecule has 0 heterocycles. The van der Waals surface area contributed by atoms with Crippen molar-refractivity contribution in [3.05, 3.63) is 81.9 Å². The summed E-state index contributed by atoms with van der Waals surface area (Å²) in [5, 5.41) is 13.7. The van der Waals surface area contributed by atoms with Gasteiger partial charge in [-0.15, -0.1) is 0 Å². The van der Waals surface area contributed by atoms with E-state index in [0.717, 1.165) is 5.56 Å². The van der Waals surface area contributed by atoms with Crippen LogP contribution >= 0.6 is 0 Å². The Morgan fingerprint density at radius 3 is 2.46 bits per heavy atom. The fraction of sp³-hybridized carbons (Fsp3) is 0.158. The predicted molar refractivity (Wildman–Crippen MR) is 96.1 cm³/mol. The lowest BCUT2D eigenvalue weighted by atomic mass is 10.0. The molecular weight excluding hydrogens is 336 g/mol. The number of nitro groups is 1. The summed E-state index contributed by atoms with van der Waals surface area (Å²) in [6, 6.07) is 14.6. The van der Waals surface area contributed by atoms with Crippen molar-refractivity contribution in [3.8, 4) is 0 Å². The third-order valence-corrected chi connectivity index (χ3v) is 3.66. The van der Waals surface area contributed by atoms with E-state index in [1.54, 1.807) is 42.5 Å². The van der Waals surface area contributed by atoms with E-state index in [1.165, 1.54) is 25.3 Å². The molecule has 0 aliphatic carbocycles. The molecule has 2 rings (SSSR count). The van der Waals surface area contributed by atoms with Gasteiger partial charge in [0.2, 0.25) is 5.91 Å². The van der Waals surface area contributed by atoms with Gasteiger partial charge in [-0.1, -0.05) is 42.5 Å². The minimum Gasteiger partial charge on any atom is -0.469 e. The number of carbonyl (C=O) groups excluding carboxylic acids is 2. The van der Waals surface area contributed by atoms with Gasteiger partial charge in [-0.2, -0.15) is 0 Å². The maximum Gasteiger partial charge on any atom is 0.307 e. The van der Waals surface area contributed by atoms with Gasteiger partial charge in [0.15, 0.2) is 0 Å². The SMILES string of the molecule is COC(=O)CC(NC(=O)/C=C/c1ccccc1[N+](=O)[O-])c1ccccc1. The van der Waals surface area contributed by atoms with Crippen LogP contribution < -0.4 is 5.32 Å². The molecule has 1 atom stereocenters. The van der Waals surface area contributed by atoms with Gasteiger partial charge in [0.25, 0.3) is 5.69 Å². The molecule has 0 bridgehead atoms. The van der Waals surface area contributed by atoms with Gasteiger partial charge in [-0.05, 0) is 17.7 Å². The van der Waals surface area contributed by atoms with E-state index < -0.39 is 22.8 Å². The lowest BCUT2D eigenvalue weighted by Crippen LogP contribution is -2.29. The highest BCUT2D eigenvalue weighted by Crippen LogP contribution is 2.20. The predicted octanol–water partition coefficient (Wildman–Crippen LogP) is 3.03. The molecule has 7 nitrogen and oxygen atoms in total. The molecular formula is C19H18N2O5. The van der Waals surface area contributed by atoms with Crippen molar-refractivity contribution in [1.29, 1.82) is 0 Å². The molecule has 7 heteroatoms. The zero-order valence-corrected chi connectivity index (χ0v) is 14.1. The van der Waals surface area contributed by atoms with Crippen molar-refractivity contribution in [1.82, 2.24) is 5.32 Å². The molecule has 2 aromatic carbocycles. The number of hydrogen-bond acceptors (Lipinski definition) is 5. The smallest absolute Gasteiger partial charge is 0.307 e. The first-order chi connectivity index (χ1) is 12.5. The van der Waals surface area contributed by atoms with Crippen LogP contribution in [0, 0.1) is 10.1 Å². The Labute approximate surface area is 150 Å². The summed E-state index contributed by atoms with van der Waals surface area (Å²) in [5.41, 5.74) is 0.980. The summed E-state index contributed by atoms with van der Waals surface area (Å²) in [6.07, 6.45) is 2.55. The van der Waals surface area contributed by atoms with Crippen LogP contribution in [0.2, 0.25) is 0 Å². The Kier molecular flexibility index (Phi) is 6.61. The molecule has 0 saturated carbocycles. The van der Waals surface area contributed by atoms with Gasteiger partial charge < -0.3 is 10.1 Å². The van der Waals surface area contributed by atoms with Crippen molar-refractivity contribution in [2.24, 2.45) is 0 Å². The molecule has 1 unspecified atom stereocenters. The van der Waals surface area contributed by atoms with Crippen LogP contribution in [0.3, 0.4) is 0 Å². The number of para-hydroxylation sites is 1. The van der Waals surface area contributed by atoms with Crippen molar-refractivity contribution in [2.45, 2.75) is 12.5 Å². The van der Waals surface area contributed by atoms with Crippen molar-refractivity contribution in [3.63, 3.8) is 0 Å². The highest BCUT2D eigenvalue weighted by Gasteiger charge is 2.18. The summed E-state index contributed by atoms with van der Waals surface area (Å²) in [7, 11) is 1.28. The molecule has 26 heavy (non-hydrogen) atoms. The number of ether oxygens (including phenoxy) is 1. The third-order valence-electron chi connectivity index (χ3n) is 3.66. The maximum absolute atomic E-state index is 12.2. The molecule has 0 spiro atoms. The monoisotopic (exact) mass is 354 g/mol. The van der Waals surface area contributed by atoms with Crippen LogP contribution in [0.15, 0.2) is 60.7 Å². The molecule has 0 saturated heterocycles. The average molecular weight is 354 g/mol. The molecule has 1 amide bonds. The molecule has 1 N–H and O–H groups in total. The second-order valence-electron chi connectivity index (χ2n) is 5.40. The normalized spacial score (nSPS) is 11.7. The number of rotatable bonds is 7. The molecule has 0 radical (unpaired) electrons. The van der Waals surface area contributed by atoms with Gasteiger partial charge in [-0.3, -0.25) is 19.7 Å². The van der Waals surface area contributed by atoms with Gasteiger partial charge in [-0.25, -0.2) is 0 Å². The van der Waals surface area contributed by atoms with E-state index in [-0.39, 0.29) is 12.1 Å². The highest BCUT2D eigenvalue weighted by atomic mass is 16.6. The number of nitrogens with zero attached hydrogens (tertiary/aromatic N) is 1. The van der Waals surface area contributed by atoms with Gasteiger partial charge in [0, 0.05) is 12.1 Å². The quantitative estimate of drug-likeness (QED) is 0.357. The lowest BCUT2D eigenvalue weighted by molar-refractivity contribution is -0.385. The van der Waals surface area contributed by atoms with E-state index >= 15 is 0 Å². The van der Waals surface area contributed by atoms with Gasteiger partial charge >= 0.3 is 5.97 Å². The van der Waals surface area contributed by atoms with Crippen LogP contribution in [0.25, 0.3) is 6.08 Å². The lowest BCUT2D eigenvalue weighted by Gasteiger charge is -2.17. The van der Waals surface area contributed by atoms with E-state index in [2.05, 4.69) is 10.1 Å². The van der Waals surface area contributed by atoms with Crippen LogP contribution in [0.5, 0.6) is 0 Å². The molecule has 0 aliphatic rings. The topological polar surface area (TPSA) is 98.5 Å². The number of benzene rings is 2. The maximum atomic E-state index is 12.2. The first-order valence-corrected chi connectivity index (χ1v) is 7.85. The van der Waals surface area contributed by atoms with E-state index in [9.17, 15) is 19.7 Å². The van der Waals surface area contributed by atoms with Gasteiger partial charge in [0.1, 0.15) is 0 Å². The summed E-state index contributed by atoms with van der Waals surface area (Å²) in [4.78, 5) is 34.3. The fourth-order valence-electron chi connectivity index (χ4n) is 2.37. The first-order valence-electron chi connectivity index (χ1n) is 7.85. The number of amides is 1. The summed E-state index contributed by atoms with van der Waals surface area (Å²) in [6.45, 7) is 0. The molecule has 134 valence electrons. The molecule has 0 aromatic heterocycles. The number of nitrogens with one attached hydrogen (secondary N) is 1. The number of carbonyl (C=O) groups is 2. The molecule has 2 aromatic rings. The number of esters is 1. The number of nitro benzene ring substituents is 1. The first kappa shape index (κ1) is 18.9. The zero-order valence-electron chi connectivity index (χ0n) is 14.1. The molecule has 0 fully saturated rings. The van der Waals surface area contributed by atoms with Crippen LogP contribution in [0.4, 0.5) is 5.69 Å². The summed E-state index contributed by atoms with van der Waals surface area (Å²) >= 11 is 0. The minimum atomic E-state index is -0.563. The second-order valence-corrected chi connectivity index (χ2v) is 5.40. The van der Waals surface area contributed by atoms with Crippen molar-refractivity contribution in [2.75, 3.05) is 7.11 Å². The number of methoxy groups -OCH3 is 1. The second kappa shape index (κ2) is 9.12. The summed E-state index contributed by atoms with van der Waals surface area (Å²) in [5.74, 6) is -0.928. The van der Waals surface area contributed by atoms with Crippen LogP contribution in [-0.4, -0.2) is 23.9 Å². The molecule has 0 aliphatic heterocycles. The standard InChI is InChI=1S/C19H18N2O5/c1-26-19(23)13-16(14-7-3-2-4-8-14)20-18(22)12-11-15-9-5-6-10-17(15)21(24)25/h2-12,16H,13H2,1H3,(H,20,22)/b12-11+. The van der Waals surface area contributed by atoms with E-state index in [0.29, 0.717) is 5.56 Å². The summed E-state index contributed by atoms with van der Waals surface area (Å²) < 4.78 is 4.67. The van der Waals surface area contributed by atoms with Crippen molar-refractivity contribution >= 4 is 23.6 Å². The van der Waals surface area contributed by atoms with E-state index in [1.807, 2.05) is 6.07 Å². The Morgan fingerprint density at radius 2 is 1.81 bits per heavy atom. The average Bonchev–Trinajstić information content (AvgIpc) is 2.66. The fourth-order valence-corrected chi connectivity index (χ4v) is 2.37.